The molecule has 2 aromatic carbocycles. The fourth-order valence-corrected chi connectivity index (χ4v) is 4.70. The molecule has 1 aliphatic heterocycles. The van der Waals surface area contributed by atoms with Gasteiger partial charge in [-0.05, 0) is 60.3 Å². The van der Waals surface area contributed by atoms with E-state index in [4.69, 9.17) is 21.7 Å². The second kappa shape index (κ2) is 7.89. The molecule has 1 atom stereocenters. The Bertz CT molecular complexity index is 1100. The number of benzene rings is 2. The predicted molar refractivity (Wildman–Crippen MR) is 118 cm³/mol. The summed E-state index contributed by atoms with van der Waals surface area (Å²) in [5, 5.41) is 4.61. The summed E-state index contributed by atoms with van der Waals surface area (Å²) in [4.78, 5) is 2.45. The van der Waals surface area contributed by atoms with Crippen molar-refractivity contribution in [1.29, 1.82) is 0 Å². The Balaban J connectivity index is 1.55. The van der Waals surface area contributed by atoms with Gasteiger partial charge >= 0.3 is 0 Å². The Kier molecular flexibility index (Phi) is 5.08. The molecule has 0 N–H and O–H groups in total. The number of hydrogen-bond donors (Lipinski definition) is 0. The fourth-order valence-electron chi connectivity index (χ4n) is 4.40. The van der Waals surface area contributed by atoms with Crippen molar-refractivity contribution in [2.75, 3.05) is 20.8 Å². The van der Waals surface area contributed by atoms with E-state index >= 15 is 0 Å². The van der Waals surface area contributed by atoms with Crippen LogP contribution in [0.4, 0.5) is 0 Å². The molecule has 0 radical (unpaired) electrons. The van der Waals surface area contributed by atoms with E-state index in [0.29, 0.717) is 12.7 Å². The minimum absolute atomic E-state index is 0.0998. The van der Waals surface area contributed by atoms with Gasteiger partial charge in [0.2, 0.25) is 0 Å². The average molecular weight is 423 g/mol. The van der Waals surface area contributed by atoms with Gasteiger partial charge < -0.3 is 14.0 Å². The third-order valence-corrected chi connectivity index (χ3v) is 6.52. The van der Waals surface area contributed by atoms with Crippen LogP contribution in [0.1, 0.15) is 41.6 Å². The van der Waals surface area contributed by atoms with Crippen LogP contribution in [0.5, 0.6) is 11.5 Å². The van der Waals surface area contributed by atoms with Crippen molar-refractivity contribution in [2.45, 2.75) is 38.0 Å². The molecule has 1 aromatic heterocycles. The van der Waals surface area contributed by atoms with E-state index in [1.807, 2.05) is 11.0 Å². The lowest BCUT2D eigenvalue weighted by Gasteiger charge is -2.37. The molecular weight excluding hydrogens is 396 g/mol. The van der Waals surface area contributed by atoms with Crippen molar-refractivity contribution < 1.29 is 9.47 Å². The molecular formula is C23H26N4O2S. The van der Waals surface area contributed by atoms with Crippen LogP contribution in [0, 0.1) is 4.77 Å². The molecule has 30 heavy (non-hydrogen) atoms. The molecule has 1 unspecified atom stereocenters. The maximum Gasteiger partial charge on any atom is 0.199 e. The fraction of sp³-hybridized carbons (Fsp3) is 0.391. The number of hydrogen-bond acceptors (Lipinski definition) is 5. The Labute approximate surface area is 181 Å². The normalized spacial score (nSPS) is 18.8. The maximum absolute atomic E-state index is 5.72. The molecule has 0 spiro atoms. The van der Waals surface area contributed by atoms with Gasteiger partial charge in [-0.15, -0.1) is 0 Å². The van der Waals surface area contributed by atoms with Crippen LogP contribution in [0.25, 0.3) is 0 Å². The minimum atomic E-state index is 0.0998. The highest BCUT2D eigenvalue weighted by Gasteiger charge is 2.31. The first kappa shape index (κ1) is 19.3. The van der Waals surface area contributed by atoms with Gasteiger partial charge in [0.25, 0.3) is 0 Å². The standard InChI is InChI=1S/C23H26N4O2S/c1-28-20-12-17-10-11-25(15-27-23(30)26(14-24-27)18-8-9-18)22(16-6-4-3-5-7-16)19(17)13-21(20)29-2/h3-7,12-14,18,22H,8-11,15H2,1-2H3. The highest BCUT2D eigenvalue weighted by molar-refractivity contribution is 7.71. The van der Waals surface area contributed by atoms with Gasteiger partial charge in [0, 0.05) is 12.6 Å². The van der Waals surface area contributed by atoms with E-state index in [9.17, 15) is 0 Å². The summed E-state index contributed by atoms with van der Waals surface area (Å²) < 4.78 is 16.1. The highest BCUT2D eigenvalue weighted by Crippen LogP contribution is 2.41. The van der Waals surface area contributed by atoms with Gasteiger partial charge in [0.1, 0.15) is 6.33 Å². The van der Waals surface area contributed by atoms with Gasteiger partial charge in [-0.25, -0.2) is 4.68 Å². The Morgan fingerprint density at radius 1 is 1.07 bits per heavy atom. The van der Waals surface area contributed by atoms with Crippen molar-refractivity contribution in [1.82, 2.24) is 19.2 Å². The zero-order chi connectivity index (χ0) is 20.7. The maximum atomic E-state index is 5.72. The molecule has 0 bridgehead atoms. The number of ether oxygens (including phenoxy) is 2. The van der Waals surface area contributed by atoms with E-state index in [-0.39, 0.29) is 6.04 Å². The number of rotatable bonds is 6. The lowest BCUT2D eigenvalue weighted by Crippen LogP contribution is -2.37. The summed E-state index contributed by atoms with van der Waals surface area (Å²) in [6, 6.07) is 15.5. The molecule has 5 rings (SSSR count). The second-order valence-electron chi connectivity index (χ2n) is 7.97. The molecule has 2 aliphatic rings. The van der Waals surface area contributed by atoms with Gasteiger partial charge in [-0.2, -0.15) is 5.10 Å². The van der Waals surface area contributed by atoms with Crippen LogP contribution in [-0.2, 0) is 13.1 Å². The molecule has 1 aliphatic carbocycles. The van der Waals surface area contributed by atoms with E-state index in [0.717, 1.165) is 29.2 Å². The first-order valence-electron chi connectivity index (χ1n) is 10.4. The van der Waals surface area contributed by atoms with Crippen LogP contribution in [-0.4, -0.2) is 40.0 Å². The van der Waals surface area contributed by atoms with Gasteiger partial charge in [0.05, 0.1) is 26.9 Å². The molecule has 0 amide bonds. The number of aromatic nitrogens is 3. The largest absolute Gasteiger partial charge is 0.493 e. The minimum Gasteiger partial charge on any atom is -0.493 e. The first-order valence-corrected chi connectivity index (χ1v) is 10.8. The summed E-state index contributed by atoms with van der Waals surface area (Å²) in [6.45, 7) is 1.58. The Morgan fingerprint density at radius 2 is 1.80 bits per heavy atom. The van der Waals surface area contributed by atoms with Crippen LogP contribution in [0.3, 0.4) is 0 Å². The summed E-state index contributed by atoms with van der Waals surface area (Å²) in [6.07, 6.45) is 5.23. The number of nitrogens with zero attached hydrogens (tertiary/aromatic N) is 4. The summed E-state index contributed by atoms with van der Waals surface area (Å²) >= 11 is 5.72. The van der Waals surface area contributed by atoms with Crippen molar-refractivity contribution >= 4 is 12.2 Å². The zero-order valence-electron chi connectivity index (χ0n) is 17.3. The van der Waals surface area contributed by atoms with Gasteiger partial charge in [-0.3, -0.25) is 4.90 Å². The van der Waals surface area contributed by atoms with Crippen molar-refractivity contribution in [3.8, 4) is 11.5 Å². The molecule has 7 heteroatoms. The lowest BCUT2D eigenvalue weighted by molar-refractivity contribution is 0.154. The summed E-state index contributed by atoms with van der Waals surface area (Å²) in [5.74, 6) is 1.54. The first-order chi connectivity index (χ1) is 14.7. The molecule has 156 valence electrons. The van der Waals surface area contributed by atoms with Crippen molar-refractivity contribution in [3.05, 3.63) is 70.3 Å². The van der Waals surface area contributed by atoms with Crippen LogP contribution >= 0.6 is 12.2 Å². The van der Waals surface area contributed by atoms with Crippen molar-refractivity contribution in [3.63, 3.8) is 0 Å². The predicted octanol–water partition coefficient (Wildman–Crippen LogP) is 4.37. The zero-order valence-corrected chi connectivity index (χ0v) is 18.1. The van der Waals surface area contributed by atoms with E-state index < -0.39 is 0 Å². The van der Waals surface area contributed by atoms with Gasteiger partial charge in [0.15, 0.2) is 16.3 Å². The SMILES string of the molecule is COc1cc2c(cc1OC)C(c1ccccc1)N(Cn1ncn(C3CC3)c1=S)CC2. The third-order valence-electron chi connectivity index (χ3n) is 6.10. The monoisotopic (exact) mass is 422 g/mol. The molecule has 3 aromatic rings. The quantitative estimate of drug-likeness (QED) is 0.552. The molecule has 6 nitrogen and oxygen atoms in total. The van der Waals surface area contributed by atoms with E-state index in [1.165, 1.54) is 29.5 Å². The Hall–Kier alpha value is -2.64. The van der Waals surface area contributed by atoms with Gasteiger partial charge in [-0.1, -0.05) is 30.3 Å². The van der Waals surface area contributed by atoms with E-state index in [2.05, 4.69) is 57.0 Å². The molecule has 2 heterocycles. The van der Waals surface area contributed by atoms with Crippen LogP contribution in [0.15, 0.2) is 48.8 Å². The molecule has 0 saturated heterocycles. The third kappa shape index (κ3) is 3.42. The summed E-state index contributed by atoms with van der Waals surface area (Å²) in [7, 11) is 3.37. The average Bonchev–Trinajstić information content (AvgIpc) is 3.57. The topological polar surface area (TPSA) is 44.5 Å². The number of methoxy groups -OCH3 is 2. The summed E-state index contributed by atoms with van der Waals surface area (Å²) in [5.41, 5.74) is 3.79. The number of fused-ring (bicyclic) bond motifs is 1. The van der Waals surface area contributed by atoms with Crippen LogP contribution in [0.2, 0.25) is 0 Å². The molecule has 1 saturated carbocycles. The van der Waals surface area contributed by atoms with Crippen LogP contribution < -0.4 is 9.47 Å². The Morgan fingerprint density at radius 3 is 2.50 bits per heavy atom. The second-order valence-corrected chi connectivity index (χ2v) is 8.34. The van der Waals surface area contributed by atoms with E-state index in [1.54, 1.807) is 14.2 Å². The molecule has 1 fully saturated rings. The smallest absolute Gasteiger partial charge is 0.199 e. The van der Waals surface area contributed by atoms with Crippen molar-refractivity contribution in [2.24, 2.45) is 0 Å². The highest BCUT2D eigenvalue weighted by atomic mass is 32.1. The lowest BCUT2D eigenvalue weighted by atomic mass is 9.88.